The van der Waals surface area contributed by atoms with Gasteiger partial charge in [0.2, 0.25) is 5.95 Å². The van der Waals surface area contributed by atoms with Crippen molar-refractivity contribution in [2.45, 2.75) is 6.42 Å². The fourth-order valence-corrected chi connectivity index (χ4v) is 3.17. The highest BCUT2D eigenvalue weighted by Crippen LogP contribution is 2.31. The lowest BCUT2D eigenvalue weighted by molar-refractivity contribution is 0.628. The molecule has 4 rings (SSSR count). The zero-order valence-corrected chi connectivity index (χ0v) is 16.2. The third-order valence-corrected chi connectivity index (χ3v) is 4.81. The summed E-state index contributed by atoms with van der Waals surface area (Å²) in [6.45, 7) is 0.801. The van der Waals surface area contributed by atoms with Crippen molar-refractivity contribution in [2.75, 3.05) is 18.5 Å². The Morgan fingerprint density at radius 1 is 0.862 bits per heavy atom. The highest BCUT2D eigenvalue weighted by atomic mass is 19.1. The molecule has 2 heterocycles. The van der Waals surface area contributed by atoms with Crippen molar-refractivity contribution < 1.29 is 4.39 Å². The summed E-state index contributed by atoms with van der Waals surface area (Å²) in [5.41, 5.74) is 4.75. The maximum Gasteiger partial charge on any atom is 0.225 e. The molecule has 0 atom stereocenters. The molecule has 0 saturated carbocycles. The zero-order chi connectivity index (χ0) is 20.1. The molecule has 0 aliphatic heterocycles. The fourth-order valence-electron chi connectivity index (χ4n) is 3.17. The second-order valence-corrected chi connectivity index (χ2v) is 6.83. The first-order chi connectivity index (χ1) is 14.2. The monoisotopic (exact) mass is 384 g/mol. The first-order valence-electron chi connectivity index (χ1n) is 9.49. The van der Waals surface area contributed by atoms with Crippen LogP contribution in [0.15, 0.2) is 85.3 Å². The number of rotatable bonds is 6. The van der Waals surface area contributed by atoms with Crippen molar-refractivity contribution in [3.63, 3.8) is 0 Å². The van der Waals surface area contributed by atoms with E-state index in [1.165, 1.54) is 17.7 Å². The molecule has 2 aromatic heterocycles. The maximum atomic E-state index is 13.4. The Morgan fingerprint density at radius 2 is 1.59 bits per heavy atom. The summed E-state index contributed by atoms with van der Waals surface area (Å²) >= 11 is 0. The fraction of sp³-hybridized carbons (Fsp3) is 0.125. The number of hydrogen-bond donors (Lipinski definition) is 0. The maximum absolute atomic E-state index is 13.4. The van der Waals surface area contributed by atoms with Gasteiger partial charge in [0.25, 0.3) is 0 Å². The van der Waals surface area contributed by atoms with Crippen LogP contribution in [0.2, 0.25) is 0 Å². The molecule has 4 nitrogen and oxygen atoms in total. The third-order valence-electron chi connectivity index (χ3n) is 4.81. The lowest BCUT2D eigenvalue weighted by Gasteiger charge is -2.19. The molecule has 4 aromatic rings. The molecule has 0 aliphatic carbocycles. The lowest BCUT2D eigenvalue weighted by Crippen LogP contribution is -2.22. The number of pyridine rings is 1. The topological polar surface area (TPSA) is 41.9 Å². The molecule has 5 heteroatoms. The zero-order valence-electron chi connectivity index (χ0n) is 16.2. The number of nitrogens with zero attached hydrogens (tertiary/aromatic N) is 4. The molecule has 0 spiro atoms. The van der Waals surface area contributed by atoms with Crippen LogP contribution in [0.4, 0.5) is 10.3 Å². The normalized spacial score (nSPS) is 10.7. The van der Waals surface area contributed by atoms with E-state index >= 15 is 0 Å². The minimum atomic E-state index is -0.266. The van der Waals surface area contributed by atoms with Gasteiger partial charge in [-0.25, -0.2) is 14.4 Å². The number of halogens is 1. The summed E-state index contributed by atoms with van der Waals surface area (Å²) in [6.07, 6.45) is 6.20. The van der Waals surface area contributed by atoms with Gasteiger partial charge in [0, 0.05) is 43.3 Å². The smallest absolute Gasteiger partial charge is 0.225 e. The van der Waals surface area contributed by atoms with Crippen molar-refractivity contribution in [2.24, 2.45) is 0 Å². The SMILES string of the molecule is CN(CCc1ccccc1)c1ncc(-c2ccc(F)cc2)c(-c2ccncc2)n1. The van der Waals surface area contributed by atoms with Gasteiger partial charge in [0.05, 0.1) is 5.69 Å². The summed E-state index contributed by atoms with van der Waals surface area (Å²) in [6, 6.07) is 20.6. The van der Waals surface area contributed by atoms with E-state index in [-0.39, 0.29) is 5.82 Å². The molecular weight excluding hydrogens is 363 g/mol. The summed E-state index contributed by atoms with van der Waals surface area (Å²) in [4.78, 5) is 15.6. The molecule has 0 radical (unpaired) electrons. The molecule has 29 heavy (non-hydrogen) atoms. The average molecular weight is 384 g/mol. The Kier molecular flexibility index (Phi) is 5.56. The molecule has 0 unspecified atom stereocenters. The van der Waals surface area contributed by atoms with Crippen molar-refractivity contribution >= 4 is 5.95 Å². The first-order valence-corrected chi connectivity index (χ1v) is 9.49. The van der Waals surface area contributed by atoms with Gasteiger partial charge in [0.1, 0.15) is 5.82 Å². The standard InChI is InChI=1S/C24H21FN4/c1-29(16-13-18-5-3-2-4-6-18)24-27-17-22(19-7-9-21(25)10-8-19)23(28-24)20-11-14-26-15-12-20/h2-12,14-15,17H,13,16H2,1H3. The summed E-state index contributed by atoms with van der Waals surface area (Å²) in [5.74, 6) is 0.385. The Labute approximate surface area is 169 Å². The predicted octanol–water partition coefficient (Wildman–Crippen LogP) is 5.02. The van der Waals surface area contributed by atoms with Crippen molar-refractivity contribution in [1.82, 2.24) is 15.0 Å². The van der Waals surface area contributed by atoms with Crippen molar-refractivity contribution in [1.29, 1.82) is 0 Å². The number of aromatic nitrogens is 3. The quantitative estimate of drug-likeness (QED) is 0.468. The second kappa shape index (κ2) is 8.61. The van der Waals surface area contributed by atoms with E-state index in [2.05, 4.69) is 22.1 Å². The van der Waals surface area contributed by atoms with E-state index in [1.54, 1.807) is 24.5 Å². The van der Waals surface area contributed by atoms with Gasteiger partial charge in [-0.3, -0.25) is 4.98 Å². The number of hydrogen-bond acceptors (Lipinski definition) is 4. The summed E-state index contributed by atoms with van der Waals surface area (Å²) in [5, 5.41) is 0. The van der Waals surface area contributed by atoms with Crippen LogP contribution in [0.5, 0.6) is 0 Å². The van der Waals surface area contributed by atoms with Gasteiger partial charge < -0.3 is 4.90 Å². The van der Waals surface area contributed by atoms with Crippen LogP contribution >= 0.6 is 0 Å². The minimum absolute atomic E-state index is 0.266. The average Bonchev–Trinajstić information content (AvgIpc) is 2.79. The van der Waals surface area contributed by atoms with Gasteiger partial charge in [-0.05, 0) is 41.8 Å². The highest BCUT2D eigenvalue weighted by molar-refractivity contribution is 5.80. The molecular formula is C24H21FN4. The molecule has 2 aromatic carbocycles. The van der Waals surface area contributed by atoms with Crippen molar-refractivity contribution in [3.8, 4) is 22.4 Å². The van der Waals surface area contributed by atoms with Crippen LogP contribution in [0.25, 0.3) is 22.4 Å². The summed E-state index contributed by atoms with van der Waals surface area (Å²) < 4.78 is 13.4. The molecule has 0 fully saturated rings. The van der Waals surface area contributed by atoms with E-state index < -0.39 is 0 Å². The second-order valence-electron chi connectivity index (χ2n) is 6.83. The Morgan fingerprint density at radius 3 is 2.31 bits per heavy atom. The molecule has 0 amide bonds. The highest BCUT2D eigenvalue weighted by Gasteiger charge is 2.14. The van der Waals surface area contributed by atoms with Crippen LogP contribution in [0, 0.1) is 5.82 Å². The van der Waals surface area contributed by atoms with Gasteiger partial charge in [0.15, 0.2) is 0 Å². The van der Waals surface area contributed by atoms with Crippen molar-refractivity contribution in [3.05, 3.63) is 96.7 Å². The van der Waals surface area contributed by atoms with E-state index in [0.29, 0.717) is 5.95 Å². The van der Waals surface area contributed by atoms with Gasteiger partial charge in [-0.2, -0.15) is 0 Å². The summed E-state index contributed by atoms with van der Waals surface area (Å²) in [7, 11) is 1.99. The van der Waals surface area contributed by atoms with E-state index in [4.69, 9.17) is 4.98 Å². The third kappa shape index (κ3) is 4.46. The van der Waals surface area contributed by atoms with E-state index in [0.717, 1.165) is 35.3 Å². The molecule has 0 N–H and O–H groups in total. The number of anilines is 1. The van der Waals surface area contributed by atoms with Gasteiger partial charge >= 0.3 is 0 Å². The first kappa shape index (κ1) is 18.7. The minimum Gasteiger partial charge on any atom is -0.344 e. The Bertz CT molecular complexity index is 1070. The Hall–Kier alpha value is -3.60. The number of benzene rings is 2. The van der Waals surface area contributed by atoms with Crippen LogP contribution in [-0.4, -0.2) is 28.5 Å². The predicted molar refractivity (Wildman–Crippen MR) is 114 cm³/mol. The van der Waals surface area contributed by atoms with Crippen LogP contribution in [0.1, 0.15) is 5.56 Å². The molecule has 144 valence electrons. The molecule has 0 saturated heterocycles. The van der Waals surface area contributed by atoms with E-state index in [9.17, 15) is 4.39 Å². The van der Waals surface area contributed by atoms with E-state index in [1.807, 2.05) is 48.5 Å². The van der Waals surface area contributed by atoms with Crippen LogP contribution in [-0.2, 0) is 6.42 Å². The lowest BCUT2D eigenvalue weighted by atomic mass is 10.0. The number of likely N-dealkylation sites (N-methyl/N-ethyl adjacent to an activating group) is 1. The Balaban J connectivity index is 1.67. The molecule has 0 bridgehead atoms. The van der Waals surface area contributed by atoms with Gasteiger partial charge in [-0.1, -0.05) is 42.5 Å². The van der Waals surface area contributed by atoms with Gasteiger partial charge in [-0.15, -0.1) is 0 Å². The largest absolute Gasteiger partial charge is 0.344 e. The molecule has 0 aliphatic rings. The van der Waals surface area contributed by atoms with Crippen LogP contribution in [0.3, 0.4) is 0 Å². The van der Waals surface area contributed by atoms with Crippen LogP contribution < -0.4 is 4.90 Å².